The fraction of sp³-hybridized carbons (Fsp3) is 0.737. The van der Waals surface area contributed by atoms with Gasteiger partial charge in [-0.15, -0.1) is 0 Å². The first-order chi connectivity index (χ1) is 16.3. The average molecular weight is 508 g/mol. The van der Waals surface area contributed by atoms with Crippen molar-refractivity contribution >= 4 is 29.6 Å². The molecule has 1 fully saturated rings. The summed E-state index contributed by atoms with van der Waals surface area (Å²) in [6.07, 6.45) is -8.18. The van der Waals surface area contributed by atoms with E-state index in [1.807, 2.05) is 0 Å². The highest BCUT2D eigenvalue weighted by Gasteiger charge is 2.47. The zero-order valence-electron chi connectivity index (χ0n) is 19.1. The number of aliphatic hydroxyl groups excluding tert-OH is 4. The van der Waals surface area contributed by atoms with Crippen molar-refractivity contribution in [1.82, 2.24) is 16.0 Å². The molecular weight excluding hydrogens is 476 g/mol. The van der Waals surface area contributed by atoms with Crippen molar-refractivity contribution < 1.29 is 59.0 Å². The van der Waals surface area contributed by atoms with E-state index < -0.39 is 98.1 Å². The number of nitrogens with two attached hydrogens (primary N) is 1. The van der Waals surface area contributed by atoms with Crippen LogP contribution < -0.4 is 21.7 Å². The number of carbonyl (C=O) groups is 5. The molecule has 35 heavy (non-hydrogen) atoms. The number of hydrogen-bond donors (Lipinski definition) is 9. The van der Waals surface area contributed by atoms with Crippen LogP contribution in [-0.2, 0) is 33.4 Å². The quantitative estimate of drug-likeness (QED) is 0.113. The first kappa shape index (κ1) is 30.1. The Morgan fingerprint density at radius 3 is 2.14 bits per heavy atom. The normalized spacial score (nSPS) is 26.6. The van der Waals surface area contributed by atoms with Crippen LogP contribution >= 0.6 is 0 Å². The van der Waals surface area contributed by atoms with Gasteiger partial charge in [0.05, 0.1) is 13.2 Å². The number of nitrogens with one attached hydrogen (secondary N) is 3. The minimum absolute atomic E-state index is 0.317. The van der Waals surface area contributed by atoms with Gasteiger partial charge in [0.1, 0.15) is 42.5 Å². The van der Waals surface area contributed by atoms with E-state index in [9.17, 15) is 44.4 Å². The lowest BCUT2D eigenvalue weighted by Crippen LogP contribution is -2.65. The molecule has 0 aromatic rings. The fourth-order valence-corrected chi connectivity index (χ4v) is 3.24. The Hall–Kier alpha value is -2.89. The van der Waals surface area contributed by atoms with E-state index in [0.29, 0.717) is 0 Å². The summed E-state index contributed by atoms with van der Waals surface area (Å²) in [6, 6.07) is -4.27. The largest absolute Gasteiger partial charge is 0.481 e. The predicted molar refractivity (Wildman–Crippen MR) is 113 cm³/mol. The third-order valence-electron chi connectivity index (χ3n) is 5.10. The Labute approximate surface area is 199 Å². The molecule has 1 heterocycles. The molecule has 1 saturated heterocycles. The maximum atomic E-state index is 12.6. The third-order valence-corrected chi connectivity index (χ3v) is 5.10. The van der Waals surface area contributed by atoms with Crippen LogP contribution in [0.5, 0.6) is 0 Å². The number of ether oxygens (including phenoxy) is 2. The average Bonchev–Trinajstić information content (AvgIpc) is 2.78. The Morgan fingerprint density at radius 1 is 1.06 bits per heavy atom. The van der Waals surface area contributed by atoms with E-state index >= 15 is 0 Å². The van der Waals surface area contributed by atoms with E-state index in [-0.39, 0.29) is 6.42 Å². The highest BCUT2D eigenvalue weighted by molar-refractivity contribution is 5.92. The molecule has 1 rings (SSSR count). The highest BCUT2D eigenvalue weighted by atomic mass is 16.6. The Balaban J connectivity index is 2.88. The van der Waals surface area contributed by atoms with Gasteiger partial charge in [-0.25, -0.2) is 0 Å². The molecule has 0 unspecified atom stereocenters. The van der Waals surface area contributed by atoms with E-state index in [2.05, 4.69) is 16.0 Å². The minimum Gasteiger partial charge on any atom is -0.481 e. The van der Waals surface area contributed by atoms with Crippen LogP contribution in [0.15, 0.2) is 0 Å². The lowest BCUT2D eigenvalue weighted by Gasteiger charge is -2.43. The summed E-state index contributed by atoms with van der Waals surface area (Å²) < 4.78 is 10.5. The van der Waals surface area contributed by atoms with Crippen LogP contribution in [0.2, 0.25) is 0 Å². The molecule has 10 N–H and O–H groups in total. The van der Waals surface area contributed by atoms with Crippen LogP contribution in [0.25, 0.3) is 0 Å². The van der Waals surface area contributed by atoms with Gasteiger partial charge in [0.15, 0.2) is 6.29 Å². The van der Waals surface area contributed by atoms with Gasteiger partial charge in [0.2, 0.25) is 23.6 Å². The lowest BCUT2D eigenvalue weighted by atomic mass is 9.96. The topological polar surface area (TPSA) is 267 Å². The zero-order valence-corrected chi connectivity index (χ0v) is 19.1. The molecule has 8 atom stereocenters. The second kappa shape index (κ2) is 13.9. The third kappa shape index (κ3) is 9.00. The molecule has 4 amide bonds. The highest BCUT2D eigenvalue weighted by Crippen LogP contribution is 2.23. The Morgan fingerprint density at radius 2 is 1.66 bits per heavy atom. The van der Waals surface area contributed by atoms with Crippen LogP contribution in [0.3, 0.4) is 0 Å². The number of carboxylic acids is 1. The fourth-order valence-electron chi connectivity index (χ4n) is 3.24. The number of amides is 4. The second-order valence-electron chi connectivity index (χ2n) is 7.85. The summed E-state index contributed by atoms with van der Waals surface area (Å²) in [7, 11) is 0. The first-order valence-electron chi connectivity index (χ1n) is 10.6. The van der Waals surface area contributed by atoms with Gasteiger partial charge in [0, 0.05) is 13.3 Å². The summed E-state index contributed by atoms with van der Waals surface area (Å²) >= 11 is 0. The molecule has 0 aromatic carbocycles. The van der Waals surface area contributed by atoms with Gasteiger partial charge in [-0.1, -0.05) is 0 Å². The number of primary amides is 1. The van der Waals surface area contributed by atoms with Crippen molar-refractivity contribution in [3.05, 3.63) is 0 Å². The van der Waals surface area contributed by atoms with Crippen molar-refractivity contribution in [3.63, 3.8) is 0 Å². The van der Waals surface area contributed by atoms with Crippen LogP contribution in [0, 0.1) is 0 Å². The standard InChI is InChI=1S/C19H32N4O12/c1-7(34-15-13(21-8(2)26)19(33)35-11(6-25)14(15)29)17(31)23-10(5-24)18(32)22-9(16(20)30)3-4-12(27)28/h7,9-11,13-15,19,24-25,29,33H,3-6H2,1-2H3,(H2,20,30)(H,21,26)(H,22,32)(H,23,31)(H,27,28)/t7-,9-,10+,11-,13-,14-,15-,19-/m1/s1. The van der Waals surface area contributed by atoms with E-state index in [1.54, 1.807) is 0 Å². The molecule has 16 heteroatoms. The van der Waals surface area contributed by atoms with E-state index in [0.717, 1.165) is 6.92 Å². The van der Waals surface area contributed by atoms with Crippen molar-refractivity contribution in [2.45, 2.75) is 75.5 Å². The smallest absolute Gasteiger partial charge is 0.303 e. The molecule has 1 aliphatic rings. The first-order valence-corrected chi connectivity index (χ1v) is 10.6. The monoisotopic (exact) mass is 508 g/mol. The number of carbonyl (C=O) groups excluding carboxylic acids is 4. The molecule has 16 nitrogen and oxygen atoms in total. The Kier molecular flexibility index (Phi) is 11.9. The summed E-state index contributed by atoms with van der Waals surface area (Å²) in [6.45, 7) is 0.730. The van der Waals surface area contributed by atoms with E-state index in [1.165, 1.54) is 6.92 Å². The van der Waals surface area contributed by atoms with Gasteiger partial charge >= 0.3 is 5.97 Å². The van der Waals surface area contributed by atoms with Crippen molar-refractivity contribution in [2.24, 2.45) is 5.73 Å². The summed E-state index contributed by atoms with van der Waals surface area (Å²) in [4.78, 5) is 58.6. The van der Waals surface area contributed by atoms with Crippen molar-refractivity contribution in [2.75, 3.05) is 13.2 Å². The van der Waals surface area contributed by atoms with Gasteiger partial charge in [-0.05, 0) is 13.3 Å². The molecule has 0 spiro atoms. The van der Waals surface area contributed by atoms with Crippen molar-refractivity contribution in [1.29, 1.82) is 0 Å². The zero-order chi connectivity index (χ0) is 26.9. The molecule has 0 saturated carbocycles. The van der Waals surface area contributed by atoms with Crippen LogP contribution in [-0.4, -0.2) is 117 Å². The number of hydrogen-bond acceptors (Lipinski definition) is 11. The van der Waals surface area contributed by atoms with E-state index in [4.69, 9.17) is 20.3 Å². The SMILES string of the molecule is CC(=O)N[C@@H]1[C@@H](O[C@H](C)C(=O)N[C@@H](CO)C(=O)N[C@H](CCC(=O)O)C(N)=O)[C@H](O)[C@@H](CO)O[C@H]1O. The number of carboxylic acid groups (broad SMARTS) is 1. The lowest BCUT2D eigenvalue weighted by molar-refractivity contribution is -0.266. The van der Waals surface area contributed by atoms with Gasteiger partial charge < -0.3 is 56.7 Å². The Bertz CT molecular complexity index is 781. The molecule has 0 bridgehead atoms. The molecule has 1 aliphatic heterocycles. The maximum absolute atomic E-state index is 12.6. The minimum atomic E-state index is -1.69. The summed E-state index contributed by atoms with van der Waals surface area (Å²) in [5.41, 5.74) is 5.14. The van der Waals surface area contributed by atoms with Gasteiger partial charge in [0.25, 0.3) is 0 Å². The predicted octanol–water partition coefficient (Wildman–Crippen LogP) is -5.35. The van der Waals surface area contributed by atoms with Gasteiger partial charge in [-0.2, -0.15) is 0 Å². The molecule has 200 valence electrons. The number of aliphatic hydroxyl groups is 4. The maximum Gasteiger partial charge on any atom is 0.303 e. The van der Waals surface area contributed by atoms with Gasteiger partial charge in [-0.3, -0.25) is 24.0 Å². The molecule has 0 aliphatic carbocycles. The summed E-state index contributed by atoms with van der Waals surface area (Å²) in [5, 5.41) is 54.8. The molecule has 0 aromatic heterocycles. The number of rotatable bonds is 13. The summed E-state index contributed by atoms with van der Waals surface area (Å²) in [5.74, 6) is -4.85. The van der Waals surface area contributed by atoms with Crippen LogP contribution in [0.4, 0.5) is 0 Å². The number of aliphatic carboxylic acids is 1. The van der Waals surface area contributed by atoms with Crippen molar-refractivity contribution in [3.8, 4) is 0 Å². The van der Waals surface area contributed by atoms with Crippen LogP contribution in [0.1, 0.15) is 26.7 Å². The molecular formula is C19H32N4O12. The second-order valence-corrected chi connectivity index (χ2v) is 7.85. The molecule has 0 radical (unpaired) electrons.